The van der Waals surface area contributed by atoms with Crippen molar-refractivity contribution in [3.63, 3.8) is 0 Å². The zero-order chi connectivity index (χ0) is 105. The highest BCUT2D eigenvalue weighted by Crippen LogP contribution is 2.05. The predicted molar refractivity (Wildman–Crippen MR) is 552 cm³/mol. The van der Waals surface area contributed by atoms with Crippen LogP contribution in [0.3, 0.4) is 0 Å². The fraction of sp³-hybridized carbons (Fsp3) is 0.822. The Hall–Kier alpha value is -9.32. The van der Waals surface area contributed by atoms with Crippen molar-refractivity contribution >= 4 is 94.6 Å². The zero-order valence-corrected chi connectivity index (χ0v) is 85.6. The van der Waals surface area contributed by atoms with E-state index in [2.05, 4.69) is 175 Å². The second-order valence-electron chi connectivity index (χ2n) is 33.8. The number of carbonyl (C=O) groups excluding carboxylic acids is 15. The van der Waals surface area contributed by atoms with Crippen molar-refractivity contribution in [3.8, 4) is 0 Å². The number of nitrogens with one attached hydrogen (secondary N) is 33. The molecular formula is C90H186N36O17. The number of carboxylic acid groups (broad SMARTS) is 1. The number of unbranched alkanes of at least 4 members (excludes halogenated alkanes) is 2. The Kier molecular flexibility index (Phi) is 93.5. The van der Waals surface area contributed by atoms with Gasteiger partial charge >= 0.3 is 5.97 Å². The van der Waals surface area contributed by atoms with E-state index >= 15 is 0 Å². The molecule has 0 fully saturated rings. The maximum Gasteiger partial charge on any atom is 0.325 e. The standard InChI is InChI=1S/C90H186N36O17/c1-71(92)87(139)123-69-57-110-45-33-98-31-43-106-53-65-118-81(133)15-13-79(131)114-61-49-102-37-25-94-23-35-101-48-60-113-76(128)10-12-78(130)117-64-52-105-40-28-97-30-42-109-56-68-121-84(136)18-20-86(138)126-74(8-4-6-22-122-88(140)73(93)7-3-5-21-91)89(141)124-70-58-111-46-34-99-32-44-107-54-66-119-82(134)16-14-80(132)115-62-50-103-38-26-95-24-36-100-47-59-112-75(127)9-11-77(129)116-63-51-104-39-27-96-29-41-108-55-67-120-83(135)17-19-85(137)125-72(2)90(142)143/h71-74,94-111H,3-70,91-93H2,1-2H3,(H,112,127)(H,113,128)(H,114,131)(H,115,132)(H,116,129)(H,117,130)(H,118,133)(H,119,134)(H,120,135)(H,121,136)(H,122,140)(H,123,139)(H,124,141)(H,125,137)(H,126,138)(H,142,143)/t71-,72+,73-,74-/m0/s1. The molecular weight excluding hydrogens is 1860 g/mol. The number of hydrogen-bond donors (Lipinski definition) is 37. The average molecular weight is 2040 g/mol. The van der Waals surface area contributed by atoms with E-state index in [9.17, 15) is 76.7 Å². The molecule has 0 saturated carbocycles. The minimum atomic E-state index is -1.14. The Bertz CT molecular complexity index is 3340. The first-order valence-electron chi connectivity index (χ1n) is 51.6. The number of amides is 15. The van der Waals surface area contributed by atoms with Gasteiger partial charge in [0.15, 0.2) is 0 Å². The van der Waals surface area contributed by atoms with Crippen LogP contribution >= 0.6 is 0 Å². The zero-order valence-electron chi connectivity index (χ0n) is 85.6. The van der Waals surface area contributed by atoms with Gasteiger partial charge in [-0.25, -0.2) is 0 Å². The van der Waals surface area contributed by atoms with Crippen LogP contribution in [-0.4, -0.2) is 451 Å². The minimum Gasteiger partial charge on any atom is -0.480 e. The van der Waals surface area contributed by atoms with Gasteiger partial charge in [-0.15, -0.1) is 0 Å². The molecule has 828 valence electrons. The van der Waals surface area contributed by atoms with Crippen LogP contribution in [0.25, 0.3) is 0 Å². The molecule has 0 aliphatic heterocycles. The van der Waals surface area contributed by atoms with Crippen LogP contribution in [-0.2, 0) is 76.7 Å². The van der Waals surface area contributed by atoms with Crippen molar-refractivity contribution in [2.45, 2.75) is 154 Å². The third kappa shape index (κ3) is 95.9. The topological polar surface area (TPSA) is 768 Å². The molecule has 0 aliphatic rings. The third-order valence-electron chi connectivity index (χ3n) is 21.0. The van der Waals surface area contributed by atoms with Gasteiger partial charge in [0.25, 0.3) is 0 Å². The molecule has 15 amide bonds. The fourth-order valence-corrected chi connectivity index (χ4v) is 12.7. The molecule has 0 rings (SSSR count). The van der Waals surface area contributed by atoms with Gasteiger partial charge in [0.1, 0.15) is 12.1 Å². The summed E-state index contributed by atoms with van der Waals surface area (Å²) in [6, 6.07) is -3.02. The summed E-state index contributed by atoms with van der Waals surface area (Å²) in [5.74, 6) is -5.01. The number of hydrogen-bond acceptors (Lipinski definition) is 37. The highest BCUT2D eigenvalue weighted by atomic mass is 16.4. The second kappa shape index (κ2) is 100.0. The molecule has 0 aromatic carbocycles. The lowest BCUT2D eigenvalue weighted by Gasteiger charge is -2.19. The molecule has 0 aromatic rings. The van der Waals surface area contributed by atoms with Gasteiger partial charge in [-0.05, 0) is 52.5 Å². The van der Waals surface area contributed by atoms with E-state index in [-0.39, 0.29) is 154 Å². The summed E-state index contributed by atoms with van der Waals surface area (Å²) in [5.41, 5.74) is 17.1. The van der Waals surface area contributed by atoms with Crippen molar-refractivity contribution in [3.05, 3.63) is 0 Å². The van der Waals surface area contributed by atoms with Gasteiger partial charge in [-0.3, -0.25) is 76.7 Å². The average Bonchev–Trinajstić information content (AvgIpc) is 0.910. The summed E-state index contributed by atoms with van der Waals surface area (Å²) >= 11 is 0. The molecule has 4 atom stereocenters. The van der Waals surface area contributed by atoms with E-state index in [1.54, 1.807) is 6.92 Å². The van der Waals surface area contributed by atoms with Gasteiger partial charge in [-0.1, -0.05) is 6.42 Å². The van der Waals surface area contributed by atoms with E-state index in [4.69, 9.17) is 22.3 Å². The highest BCUT2D eigenvalue weighted by molar-refractivity contribution is 5.90. The van der Waals surface area contributed by atoms with E-state index < -0.39 is 42.0 Å². The summed E-state index contributed by atoms with van der Waals surface area (Å²) in [7, 11) is 0. The molecule has 0 aromatic heterocycles. The van der Waals surface area contributed by atoms with Crippen LogP contribution in [0.15, 0.2) is 0 Å². The van der Waals surface area contributed by atoms with Crippen LogP contribution in [0, 0.1) is 0 Å². The number of aliphatic carboxylic acids is 1. The van der Waals surface area contributed by atoms with Crippen molar-refractivity contribution in [2.75, 3.05) is 327 Å². The van der Waals surface area contributed by atoms with Crippen molar-refractivity contribution in [2.24, 2.45) is 17.2 Å². The van der Waals surface area contributed by atoms with Crippen LogP contribution in [0.1, 0.15) is 129 Å². The van der Waals surface area contributed by atoms with Crippen molar-refractivity contribution in [1.82, 2.24) is 175 Å². The lowest BCUT2D eigenvalue weighted by Crippen LogP contribution is -2.48. The van der Waals surface area contributed by atoms with Gasteiger partial charge < -0.3 is 198 Å². The normalized spacial score (nSPS) is 11.9. The van der Waals surface area contributed by atoms with E-state index in [0.717, 1.165) is 58.7 Å². The number of rotatable bonds is 105. The molecule has 53 heteroatoms. The highest BCUT2D eigenvalue weighted by Gasteiger charge is 2.23. The number of carboxylic acids is 1. The molecule has 53 nitrogen and oxygen atoms in total. The monoisotopic (exact) mass is 2040 g/mol. The Morgan fingerprint density at radius 2 is 0.371 bits per heavy atom. The first-order valence-corrected chi connectivity index (χ1v) is 51.6. The van der Waals surface area contributed by atoms with Crippen molar-refractivity contribution in [1.29, 1.82) is 0 Å². The Morgan fingerprint density at radius 1 is 0.196 bits per heavy atom. The molecule has 0 saturated heterocycles. The SMILES string of the molecule is C[C@H](N)C(=O)NCCNCCNCCNCCNC(=O)CCC(=O)NCCNCCNCCNCCNC(=O)CCC(=O)NCCNCCNCCNCCNC(=O)CCC(=O)N[C@@H](CCCCNC(=O)[C@@H](N)CCCCN)C(=O)NCCNCCNCCNCCNC(=O)CCC(=O)NCCNCCNCCNCCNC(=O)CCC(=O)NCCNCCNCCNCCNC(=O)CCC(=O)N[C@H](C)C(=O)O. The molecule has 0 aliphatic carbocycles. The van der Waals surface area contributed by atoms with Crippen LogP contribution in [0.2, 0.25) is 0 Å². The molecule has 0 bridgehead atoms. The van der Waals surface area contributed by atoms with Crippen LogP contribution in [0.4, 0.5) is 0 Å². The summed E-state index contributed by atoms with van der Waals surface area (Å²) < 4.78 is 0. The summed E-state index contributed by atoms with van der Waals surface area (Å²) in [6.45, 7) is 32.7. The lowest BCUT2D eigenvalue weighted by molar-refractivity contribution is -0.141. The lowest BCUT2D eigenvalue weighted by atomic mass is 10.1. The third-order valence-corrected chi connectivity index (χ3v) is 21.0. The number of nitrogens with two attached hydrogens (primary N) is 3. The second-order valence-corrected chi connectivity index (χ2v) is 33.8. The minimum absolute atomic E-state index is 0.0263. The summed E-state index contributed by atoms with van der Waals surface area (Å²) in [4.78, 5) is 196. The molecule has 0 heterocycles. The number of carbonyl (C=O) groups is 16. The van der Waals surface area contributed by atoms with Gasteiger partial charge in [-0.2, -0.15) is 0 Å². The van der Waals surface area contributed by atoms with Crippen LogP contribution in [0.5, 0.6) is 0 Å². The molecule has 0 radical (unpaired) electrons. The largest absolute Gasteiger partial charge is 0.480 e. The summed E-state index contributed by atoms with van der Waals surface area (Å²) in [5, 5.41) is 109. The van der Waals surface area contributed by atoms with Gasteiger partial charge in [0.2, 0.25) is 88.6 Å². The van der Waals surface area contributed by atoms with Gasteiger partial charge in [0.05, 0.1) is 12.1 Å². The maximum atomic E-state index is 13.4. The van der Waals surface area contributed by atoms with Crippen molar-refractivity contribution < 1.29 is 81.8 Å². The molecule has 0 unspecified atom stereocenters. The van der Waals surface area contributed by atoms with E-state index in [1.165, 1.54) is 6.92 Å². The quantitative estimate of drug-likeness (QED) is 0.0251. The van der Waals surface area contributed by atoms with E-state index in [0.29, 0.717) is 307 Å². The Balaban J connectivity index is 4.00. The van der Waals surface area contributed by atoms with Crippen LogP contribution < -0.4 is 193 Å². The van der Waals surface area contributed by atoms with E-state index in [1.807, 2.05) is 0 Å². The fourth-order valence-electron chi connectivity index (χ4n) is 12.7. The smallest absolute Gasteiger partial charge is 0.325 e. The molecule has 0 spiro atoms. The predicted octanol–water partition coefficient (Wildman–Crippen LogP) is -15.2. The first-order chi connectivity index (χ1) is 69.3. The summed E-state index contributed by atoms with van der Waals surface area (Å²) in [6.07, 6.45) is 3.89. The molecule has 143 heavy (non-hydrogen) atoms. The molecule has 40 N–H and O–H groups in total. The maximum absolute atomic E-state index is 13.4. The van der Waals surface area contributed by atoms with Gasteiger partial charge in [0, 0.05) is 398 Å². The first kappa shape index (κ1) is 134. The Labute approximate surface area is 846 Å². The Morgan fingerprint density at radius 3 is 0.573 bits per heavy atom.